The zero-order valence-electron chi connectivity index (χ0n) is 14.6. The molecule has 3 aromatic rings. The van der Waals surface area contributed by atoms with Crippen molar-refractivity contribution in [2.45, 2.75) is 19.1 Å². The molecule has 0 aliphatic carbocycles. The van der Waals surface area contributed by atoms with Crippen molar-refractivity contribution in [3.05, 3.63) is 71.4 Å². The molecule has 1 aliphatic rings. The molecule has 2 aromatic carbocycles. The molecular formula is C21H20N2O3. The molecule has 2 heterocycles. The van der Waals surface area contributed by atoms with E-state index in [1.807, 2.05) is 36.4 Å². The van der Waals surface area contributed by atoms with Crippen molar-refractivity contribution in [3.8, 4) is 0 Å². The number of aromatic nitrogens is 1. The molecule has 26 heavy (non-hydrogen) atoms. The van der Waals surface area contributed by atoms with Crippen LogP contribution in [0.5, 0.6) is 0 Å². The second-order valence-corrected chi connectivity index (χ2v) is 6.67. The lowest BCUT2D eigenvalue weighted by atomic mass is 9.99. The number of Topliss-reactive ketones (excluding diaryl/α,β-unsaturated/α-hetero) is 1. The normalized spacial score (nSPS) is 16.3. The van der Waals surface area contributed by atoms with E-state index in [4.69, 9.17) is 4.74 Å². The Balaban J connectivity index is 1.46. The van der Waals surface area contributed by atoms with Gasteiger partial charge in [0.05, 0.1) is 18.3 Å². The van der Waals surface area contributed by atoms with Gasteiger partial charge in [-0.15, -0.1) is 0 Å². The summed E-state index contributed by atoms with van der Waals surface area (Å²) in [6.07, 6.45) is 2.25. The van der Waals surface area contributed by atoms with E-state index in [0.717, 1.165) is 17.3 Å². The summed E-state index contributed by atoms with van der Waals surface area (Å²) in [6, 6.07) is 15.6. The molecule has 1 aliphatic heterocycles. The Morgan fingerprint density at radius 3 is 2.69 bits per heavy atom. The Kier molecular flexibility index (Phi) is 4.31. The number of likely N-dealkylation sites (N-methyl/N-ethyl adjacent to an activating group) is 1. The summed E-state index contributed by atoms with van der Waals surface area (Å²) in [6.45, 7) is 0.931. The molecular weight excluding hydrogens is 328 g/mol. The number of rotatable bonds is 4. The van der Waals surface area contributed by atoms with E-state index in [-0.39, 0.29) is 6.10 Å². The Hall–Kier alpha value is -2.92. The van der Waals surface area contributed by atoms with Crippen molar-refractivity contribution in [3.63, 3.8) is 0 Å². The van der Waals surface area contributed by atoms with Crippen molar-refractivity contribution in [2.75, 3.05) is 13.6 Å². The Bertz CT molecular complexity index is 976. The van der Waals surface area contributed by atoms with Crippen molar-refractivity contribution < 1.29 is 14.3 Å². The number of nitrogens with zero attached hydrogens (tertiary/aromatic N) is 1. The average Bonchev–Trinajstić information content (AvgIpc) is 3.11. The molecule has 1 unspecified atom stereocenters. The lowest BCUT2D eigenvalue weighted by molar-refractivity contribution is -0.127. The van der Waals surface area contributed by atoms with Crippen LogP contribution in [0.25, 0.3) is 10.9 Å². The van der Waals surface area contributed by atoms with Crippen LogP contribution >= 0.6 is 0 Å². The standard InChI is InChI=1S/C21H20N2O3/c1-23(12-16-10-14-6-2-3-7-15(14)13-26-16)21(25)20(24)18-11-22-19-9-5-4-8-17(18)19/h2-9,11,16,22H,10,12-13H2,1H3. The number of benzene rings is 2. The number of para-hydroxylation sites is 1. The van der Waals surface area contributed by atoms with Gasteiger partial charge in [-0.3, -0.25) is 9.59 Å². The smallest absolute Gasteiger partial charge is 0.294 e. The highest BCUT2D eigenvalue weighted by molar-refractivity contribution is 6.44. The number of nitrogens with one attached hydrogen (secondary N) is 1. The van der Waals surface area contributed by atoms with E-state index in [0.29, 0.717) is 18.7 Å². The summed E-state index contributed by atoms with van der Waals surface area (Å²) in [5, 5.41) is 0.766. The SMILES string of the molecule is CN(CC1Cc2ccccc2CO1)C(=O)C(=O)c1c[nH]c2ccccc12. The molecule has 0 bridgehead atoms. The first-order valence-corrected chi connectivity index (χ1v) is 8.68. The van der Waals surface area contributed by atoms with E-state index >= 15 is 0 Å². The first kappa shape index (κ1) is 16.5. The van der Waals surface area contributed by atoms with Crippen molar-refractivity contribution in [1.82, 2.24) is 9.88 Å². The van der Waals surface area contributed by atoms with E-state index in [2.05, 4.69) is 17.1 Å². The summed E-state index contributed by atoms with van der Waals surface area (Å²) in [5.74, 6) is -1.02. The maximum Gasteiger partial charge on any atom is 0.294 e. The van der Waals surface area contributed by atoms with Crippen molar-refractivity contribution in [1.29, 1.82) is 0 Å². The maximum absolute atomic E-state index is 12.6. The fourth-order valence-electron chi connectivity index (χ4n) is 3.46. The molecule has 4 rings (SSSR count). The highest BCUT2D eigenvalue weighted by Crippen LogP contribution is 2.22. The molecule has 1 N–H and O–H groups in total. The quantitative estimate of drug-likeness (QED) is 0.582. The van der Waals surface area contributed by atoms with Gasteiger partial charge in [-0.05, 0) is 17.2 Å². The number of ketones is 1. The first-order valence-electron chi connectivity index (χ1n) is 8.68. The summed E-state index contributed by atoms with van der Waals surface area (Å²) in [5.41, 5.74) is 3.69. The summed E-state index contributed by atoms with van der Waals surface area (Å²) in [7, 11) is 1.65. The minimum Gasteiger partial charge on any atom is -0.371 e. The number of carbonyl (C=O) groups is 2. The topological polar surface area (TPSA) is 62.4 Å². The molecule has 1 amide bonds. The summed E-state index contributed by atoms with van der Waals surface area (Å²) >= 11 is 0. The van der Waals surface area contributed by atoms with Crippen LogP contribution in [0.4, 0.5) is 0 Å². The highest BCUT2D eigenvalue weighted by atomic mass is 16.5. The third-order valence-corrected chi connectivity index (χ3v) is 4.89. The molecule has 0 saturated heterocycles. The number of aromatic amines is 1. The number of amides is 1. The Labute approximate surface area is 151 Å². The van der Waals surface area contributed by atoms with Gasteiger partial charge >= 0.3 is 0 Å². The van der Waals surface area contributed by atoms with Crippen LogP contribution in [0.15, 0.2) is 54.7 Å². The zero-order valence-corrected chi connectivity index (χ0v) is 14.6. The average molecular weight is 348 g/mol. The minimum absolute atomic E-state index is 0.102. The summed E-state index contributed by atoms with van der Waals surface area (Å²) < 4.78 is 5.85. The Morgan fingerprint density at radius 1 is 1.12 bits per heavy atom. The second kappa shape index (κ2) is 6.77. The number of fused-ring (bicyclic) bond motifs is 2. The largest absolute Gasteiger partial charge is 0.371 e. The predicted molar refractivity (Wildman–Crippen MR) is 99.0 cm³/mol. The van der Waals surface area contributed by atoms with Gasteiger partial charge in [0.2, 0.25) is 0 Å². The zero-order chi connectivity index (χ0) is 18.1. The number of hydrogen-bond acceptors (Lipinski definition) is 3. The minimum atomic E-state index is -0.516. The molecule has 0 fully saturated rings. The van der Waals surface area contributed by atoms with E-state index < -0.39 is 11.7 Å². The molecule has 1 atom stereocenters. The fourth-order valence-corrected chi connectivity index (χ4v) is 3.46. The van der Waals surface area contributed by atoms with Gasteiger partial charge < -0.3 is 14.6 Å². The van der Waals surface area contributed by atoms with Crippen molar-refractivity contribution >= 4 is 22.6 Å². The number of H-pyrrole nitrogens is 1. The van der Waals surface area contributed by atoms with Gasteiger partial charge in [-0.1, -0.05) is 42.5 Å². The number of ether oxygens (including phenoxy) is 1. The maximum atomic E-state index is 12.6. The third-order valence-electron chi connectivity index (χ3n) is 4.89. The molecule has 5 heteroatoms. The molecule has 1 aromatic heterocycles. The predicted octanol–water partition coefficient (Wildman–Crippen LogP) is 2.95. The van der Waals surface area contributed by atoms with Crippen LogP contribution in [0, 0.1) is 0 Å². The third kappa shape index (κ3) is 3.02. The van der Waals surface area contributed by atoms with Crippen molar-refractivity contribution in [2.24, 2.45) is 0 Å². The van der Waals surface area contributed by atoms with Gasteiger partial charge in [0, 0.05) is 37.1 Å². The number of hydrogen-bond donors (Lipinski definition) is 1. The summed E-state index contributed by atoms with van der Waals surface area (Å²) in [4.78, 5) is 29.8. The van der Waals surface area contributed by atoms with E-state index in [1.165, 1.54) is 16.0 Å². The molecule has 0 spiro atoms. The number of carbonyl (C=O) groups excluding carboxylic acids is 2. The van der Waals surface area contributed by atoms with Crippen LogP contribution in [0.1, 0.15) is 21.5 Å². The van der Waals surface area contributed by atoms with E-state index in [9.17, 15) is 9.59 Å². The second-order valence-electron chi connectivity index (χ2n) is 6.67. The van der Waals surface area contributed by atoms with Gasteiger partial charge in [-0.2, -0.15) is 0 Å². The van der Waals surface area contributed by atoms with E-state index in [1.54, 1.807) is 13.2 Å². The van der Waals surface area contributed by atoms with Crippen LogP contribution in [0.3, 0.4) is 0 Å². The first-order chi connectivity index (χ1) is 12.6. The van der Waals surface area contributed by atoms with Gasteiger partial charge in [0.1, 0.15) is 0 Å². The molecule has 0 saturated carbocycles. The molecule has 5 nitrogen and oxygen atoms in total. The van der Waals surface area contributed by atoms with Crippen LogP contribution in [0.2, 0.25) is 0 Å². The molecule has 132 valence electrons. The van der Waals surface area contributed by atoms with Crippen LogP contribution in [-0.2, 0) is 22.6 Å². The lowest BCUT2D eigenvalue weighted by Gasteiger charge is -2.28. The highest BCUT2D eigenvalue weighted by Gasteiger charge is 2.27. The monoisotopic (exact) mass is 348 g/mol. The lowest BCUT2D eigenvalue weighted by Crippen LogP contribution is -2.41. The van der Waals surface area contributed by atoms with Gasteiger partial charge in [0.15, 0.2) is 0 Å². The van der Waals surface area contributed by atoms with Crippen LogP contribution in [-0.4, -0.2) is 41.3 Å². The Morgan fingerprint density at radius 2 is 1.85 bits per heavy atom. The van der Waals surface area contributed by atoms with Gasteiger partial charge in [-0.25, -0.2) is 0 Å². The fraction of sp³-hybridized carbons (Fsp3) is 0.238. The van der Waals surface area contributed by atoms with Gasteiger partial charge in [0.25, 0.3) is 11.7 Å². The molecule has 0 radical (unpaired) electrons. The van der Waals surface area contributed by atoms with Crippen LogP contribution < -0.4 is 0 Å².